The van der Waals surface area contributed by atoms with Crippen molar-refractivity contribution in [1.82, 2.24) is 9.88 Å². The second-order valence-electron chi connectivity index (χ2n) is 8.12. The highest BCUT2D eigenvalue weighted by atomic mass is 79.9. The van der Waals surface area contributed by atoms with E-state index in [1.165, 1.54) is 18.4 Å². The zero-order valence-corrected chi connectivity index (χ0v) is 18.6. The Balaban J connectivity index is 2.02. The summed E-state index contributed by atoms with van der Waals surface area (Å²) in [6.07, 6.45) is 1.81. The average molecular weight is 451 g/mol. The summed E-state index contributed by atoms with van der Waals surface area (Å²) in [6.45, 7) is 7.68. The fourth-order valence-electron chi connectivity index (χ4n) is 3.34. The van der Waals surface area contributed by atoms with E-state index in [1.54, 1.807) is 6.92 Å². The number of carbonyl (C=O) groups excluding carboxylic acids is 2. The van der Waals surface area contributed by atoms with Gasteiger partial charge in [0.2, 0.25) is 0 Å². The van der Waals surface area contributed by atoms with E-state index in [4.69, 9.17) is 9.47 Å². The molecule has 28 heavy (non-hydrogen) atoms. The van der Waals surface area contributed by atoms with Crippen LogP contribution in [0, 0.1) is 0 Å². The van der Waals surface area contributed by atoms with E-state index in [-0.39, 0.29) is 12.5 Å². The van der Waals surface area contributed by atoms with Crippen molar-refractivity contribution in [1.29, 1.82) is 0 Å². The Morgan fingerprint density at radius 2 is 1.96 bits per heavy atom. The molecular formula is C21H27BrN2O4. The van der Waals surface area contributed by atoms with Crippen LogP contribution in [0.5, 0.6) is 0 Å². The van der Waals surface area contributed by atoms with Gasteiger partial charge in [0.25, 0.3) is 0 Å². The van der Waals surface area contributed by atoms with Crippen LogP contribution < -0.4 is 5.32 Å². The van der Waals surface area contributed by atoms with E-state index in [9.17, 15) is 9.59 Å². The lowest BCUT2D eigenvalue weighted by molar-refractivity contribution is 0.0502. The standard InChI is InChI=1S/C21H27BrN2O4/c1-6-27-19(25)18-14-9-13(12-7-8-12)15(22)10-16(14)24(5)17(18)11-23-20(26)28-21(2,3)4/h9-10,12H,6-8,11H2,1-5H3,(H,23,26). The third kappa shape index (κ3) is 4.35. The van der Waals surface area contributed by atoms with Gasteiger partial charge in [-0.2, -0.15) is 0 Å². The molecule has 1 saturated carbocycles. The molecule has 1 aromatic carbocycles. The van der Waals surface area contributed by atoms with Crippen LogP contribution in [0.15, 0.2) is 16.6 Å². The number of hydrogen-bond acceptors (Lipinski definition) is 4. The van der Waals surface area contributed by atoms with Gasteiger partial charge in [0.05, 0.1) is 29.9 Å². The van der Waals surface area contributed by atoms with E-state index >= 15 is 0 Å². The number of nitrogens with one attached hydrogen (secondary N) is 1. The first-order chi connectivity index (χ1) is 13.1. The quantitative estimate of drug-likeness (QED) is 0.649. The molecule has 152 valence electrons. The number of aryl methyl sites for hydroxylation is 1. The van der Waals surface area contributed by atoms with Crippen LogP contribution in [-0.2, 0) is 23.1 Å². The molecular weight excluding hydrogens is 424 g/mol. The number of alkyl carbamates (subject to hydrolysis) is 1. The SMILES string of the molecule is CCOC(=O)c1c(CNC(=O)OC(C)(C)C)n(C)c2cc(Br)c(C3CC3)cc12. The molecule has 0 aliphatic heterocycles. The lowest BCUT2D eigenvalue weighted by Crippen LogP contribution is -2.33. The fraction of sp³-hybridized carbons (Fsp3) is 0.524. The molecule has 0 bridgehead atoms. The van der Waals surface area contributed by atoms with Gasteiger partial charge in [-0.15, -0.1) is 0 Å². The van der Waals surface area contributed by atoms with Crippen LogP contribution in [0.1, 0.15) is 68.1 Å². The third-order valence-corrected chi connectivity index (χ3v) is 5.42. The number of esters is 1. The number of fused-ring (bicyclic) bond motifs is 1. The minimum atomic E-state index is -0.586. The van der Waals surface area contributed by atoms with Crippen molar-refractivity contribution in [2.75, 3.05) is 6.61 Å². The summed E-state index contributed by atoms with van der Waals surface area (Å²) in [7, 11) is 1.89. The number of halogens is 1. The van der Waals surface area contributed by atoms with Gasteiger partial charge in [0.1, 0.15) is 5.60 Å². The highest BCUT2D eigenvalue weighted by molar-refractivity contribution is 9.10. The van der Waals surface area contributed by atoms with E-state index in [1.807, 2.05) is 38.5 Å². The summed E-state index contributed by atoms with van der Waals surface area (Å²) >= 11 is 3.67. The molecule has 1 aliphatic carbocycles. The van der Waals surface area contributed by atoms with E-state index in [0.717, 1.165) is 15.4 Å². The smallest absolute Gasteiger partial charge is 0.407 e. The lowest BCUT2D eigenvalue weighted by Gasteiger charge is -2.20. The molecule has 0 atom stereocenters. The van der Waals surface area contributed by atoms with Crippen molar-refractivity contribution in [2.24, 2.45) is 7.05 Å². The summed E-state index contributed by atoms with van der Waals surface area (Å²) in [5.41, 5.74) is 2.75. The Morgan fingerprint density at radius 1 is 1.29 bits per heavy atom. The maximum Gasteiger partial charge on any atom is 0.407 e. The van der Waals surface area contributed by atoms with E-state index in [2.05, 4.69) is 27.3 Å². The number of amides is 1. The molecule has 6 nitrogen and oxygen atoms in total. The molecule has 7 heteroatoms. The Kier molecular flexibility index (Phi) is 5.75. The van der Waals surface area contributed by atoms with Crippen LogP contribution in [0.2, 0.25) is 0 Å². The van der Waals surface area contributed by atoms with Crippen molar-refractivity contribution < 1.29 is 19.1 Å². The highest BCUT2D eigenvalue weighted by Crippen LogP contribution is 2.45. The maximum atomic E-state index is 12.8. The van der Waals surface area contributed by atoms with Crippen molar-refractivity contribution in [3.8, 4) is 0 Å². The number of nitrogens with zero attached hydrogens (tertiary/aromatic N) is 1. The topological polar surface area (TPSA) is 69.6 Å². The van der Waals surface area contributed by atoms with Crippen molar-refractivity contribution in [3.63, 3.8) is 0 Å². The Morgan fingerprint density at radius 3 is 2.54 bits per heavy atom. The van der Waals surface area contributed by atoms with Crippen LogP contribution in [-0.4, -0.2) is 28.8 Å². The fourth-order valence-corrected chi connectivity index (χ4v) is 4.00. The van der Waals surface area contributed by atoms with Crippen LogP contribution in [0.3, 0.4) is 0 Å². The Bertz CT molecular complexity index is 923. The molecule has 3 rings (SSSR count). The largest absolute Gasteiger partial charge is 0.462 e. The van der Waals surface area contributed by atoms with Gasteiger partial charge in [0.15, 0.2) is 0 Å². The second-order valence-corrected chi connectivity index (χ2v) is 8.98. The predicted octanol–water partition coefficient (Wildman–Crippen LogP) is 5.02. The number of benzene rings is 1. The molecule has 1 N–H and O–H groups in total. The Labute approximate surface area is 173 Å². The van der Waals surface area contributed by atoms with E-state index in [0.29, 0.717) is 23.8 Å². The summed E-state index contributed by atoms with van der Waals surface area (Å²) in [4.78, 5) is 24.9. The number of hydrogen-bond donors (Lipinski definition) is 1. The number of aromatic nitrogens is 1. The molecule has 0 unspecified atom stereocenters. The molecule has 1 heterocycles. The molecule has 1 amide bonds. The zero-order chi connectivity index (χ0) is 20.6. The van der Waals surface area contributed by atoms with Gasteiger partial charge in [-0.05, 0) is 64.2 Å². The van der Waals surface area contributed by atoms with Crippen LogP contribution >= 0.6 is 15.9 Å². The molecule has 1 aromatic heterocycles. The van der Waals surface area contributed by atoms with Gasteiger partial charge in [-0.3, -0.25) is 0 Å². The number of carbonyl (C=O) groups is 2. The van der Waals surface area contributed by atoms with E-state index < -0.39 is 11.7 Å². The Hall–Kier alpha value is -2.02. The van der Waals surface area contributed by atoms with Gasteiger partial charge in [-0.25, -0.2) is 9.59 Å². The second kappa shape index (κ2) is 7.78. The third-order valence-electron chi connectivity index (χ3n) is 4.73. The van der Waals surface area contributed by atoms with Gasteiger partial charge < -0.3 is 19.4 Å². The average Bonchev–Trinajstić information content (AvgIpc) is 3.38. The van der Waals surface area contributed by atoms with Crippen LogP contribution in [0.4, 0.5) is 4.79 Å². The minimum absolute atomic E-state index is 0.171. The molecule has 0 radical (unpaired) electrons. The predicted molar refractivity (Wildman–Crippen MR) is 112 cm³/mol. The van der Waals surface area contributed by atoms with Gasteiger partial charge in [-0.1, -0.05) is 15.9 Å². The molecule has 0 spiro atoms. The maximum absolute atomic E-state index is 12.8. The first-order valence-electron chi connectivity index (χ1n) is 9.57. The van der Waals surface area contributed by atoms with Crippen molar-refractivity contribution in [2.45, 2.75) is 58.6 Å². The monoisotopic (exact) mass is 450 g/mol. The van der Waals surface area contributed by atoms with Crippen molar-refractivity contribution >= 4 is 38.9 Å². The highest BCUT2D eigenvalue weighted by Gasteiger charge is 2.29. The normalized spacial score (nSPS) is 14.2. The summed E-state index contributed by atoms with van der Waals surface area (Å²) in [6, 6.07) is 4.13. The summed E-state index contributed by atoms with van der Waals surface area (Å²) in [5, 5.41) is 3.61. The number of rotatable bonds is 5. The minimum Gasteiger partial charge on any atom is -0.462 e. The first kappa shape index (κ1) is 20.7. The van der Waals surface area contributed by atoms with Gasteiger partial charge >= 0.3 is 12.1 Å². The lowest BCUT2D eigenvalue weighted by atomic mass is 10.0. The van der Waals surface area contributed by atoms with Crippen LogP contribution in [0.25, 0.3) is 10.9 Å². The summed E-state index contributed by atoms with van der Waals surface area (Å²) in [5.74, 6) is 0.163. The summed E-state index contributed by atoms with van der Waals surface area (Å²) < 4.78 is 13.6. The van der Waals surface area contributed by atoms with Crippen molar-refractivity contribution in [3.05, 3.63) is 33.4 Å². The first-order valence-corrected chi connectivity index (χ1v) is 10.4. The molecule has 2 aromatic rings. The molecule has 1 aliphatic rings. The molecule has 0 saturated heterocycles. The molecule has 1 fully saturated rings. The zero-order valence-electron chi connectivity index (χ0n) is 17.0. The van der Waals surface area contributed by atoms with Gasteiger partial charge in [0, 0.05) is 16.9 Å². The number of ether oxygens (including phenoxy) is 2.